The highest BCUT2D eigenvalue weighted by Gasteiger charge is 2.45. The van der Waals surface area contributed by atoms with Gasteiger partial charge in [0.15, 0.2) is 0 Å². The lowest BCUT2D eigenvalue weighted by atomic mass is 10.9. The Morgan fingerprint density at radius 1 is 0.947 bits per heavy atom. The van der Waals surface area contributed by atoms with E-state index in [4.69, 9.17) is 4.55 Å². The van der Waals surface area contributed by atoms with Crippen molar-refractivity contribution in [2.24, 2.45) is 0 Å². The van der Waals surface area contributed by atoms with Gasteiger partial charge >= 0.3 is 10.4 Å². The van der Waals surface area contributed by atoms with E-state index < -0.39 is 18.1 Å². The van der Waals surface area contributed by atoms with E-state index in [1.165, 1.54) is 13.1 Å². The number of hydrogen-bond acceptors (Lipinski definition) is 6. The van der Waals surface area contributed by atoms with E-state index in [-0.39, 0.29) is 6.61 Å². The smallest absolute Gasteiger partial charge is 0.264 e. The van der Waals surface area contributed by atoms with Crippen molar-refractivity contribution < 1.29 is 17.2 Å². The highest BCUT2D eigenvalue weighted by molar-refractivity contribution is 7.80. The minimum absolute atomic E-state index is 0.0289. The van der Waals surface area contributed by atoms with Crippen molar-refractivity contribution in [1.82, 2.24) is 14.0 Å². The van der Waals surface area contributed by atoms with Crippen molar-refractivity contribution in [1.29, 1.82) is 0 Å². The molecular formula is C10H29N3O4PS+. The Balaban J connectivity index is 0. The van der Waals surface area contributed by atoms with Crippen LogP contribution in [0.1, 0.15) is 13.8 Å². The van der Waals surface area contributed by atoms with E-state index in [1.54, 1.807) is 0 Å². The summed E-state index contributed by atoms with van der Waals surface area (Å²) in [5.74, 6) is 0. The van der Waals surface area contributed by atoms with Crippen LogP contribution in [0.5, 0.6) is 0 Å². The van der Waals surface area contributed by atoms with Crippen molar-refractivity contribution in [2.75, 3.05) is 55.1 Å². The van der Waals surface area contributed by atoms with Gasteiger partial charge in [-0.2, -0.15) is 22.4 Å². The lowest BCUT2D eigenvalue weighted by Gasteiger charge is -2.39. The van der Waals surface area contributed by atoms with Gasteiger partial charge in [-0.25, -0.2) is 4.18 Å². The molecule has 0 saturated heterocycles. The Labute approximate surface area is 119 Å². The molecule has 1 N–H and O–H groups in total. The van der Waals surface area contributed by atoms with Gasteiger partial charge in [-0.15, -0.1) is 0 Å². The average Bonchev–Trinajstić information content (AvgIpc) is 2.16. The molecule has 19 heavy (non-hydrogen) atoms. The normalized spacial score (nSPS) is 12.8. The van der Waals surface area contributed by atoms with Gasteiger partial charge in [0, 0.05) is 42.3 Å². The standard InChI is InChI=1S/C8H23N3P.C2H6O4S/c1-8-12(9(2)3,10(4)5)11(6)7;1-2-6-7(3,4)5/h8H2,1-7H3;2H2,1H3,(H,3,4,5)/q+1;. The van der Waals surface area contributed by atoms with Gasteiger partial charge in [0.1, 0.15) is 6.16 Å². The van der Waals surface area contributed by atoms with Crippen molar-refractivity contribution in [2.45, 2.75) is 13.8 Å². The maximum Gasteiger partial charge on any atom is 0.397 e. The summed E-state index contributed by atoms with van der Waals surface area (Å²) >= 11 is 0. The number of nitrogens with zero attached hydrogens (tertiary/aromatic N) is 3. The summed E-state index contributed by atoms with van der Waals surface area (Å²) in [4.78, 5) is 0. The molecule has 0 aliphatic rings. The first-order valence-electron chi connectivity index (χ1n) is 5.98. The third kappa shape index (κ3) is 7.51. The zero-order valence-corrected chi connectivity index (χ0v) is 15.0. The Morgan fingerprint density at radius 2 is 1.26 bits per heavy atom. The predicted molar refractivity (Wildman–Crippen MR) is 81.7 cm³/mol. The first-order chi connectivity index (χ1) is 8.45. The van der Waals surface area contributed by atoms with Crippen LogP contribution in [0.4, 0.5) is 0 Å². The Morgan fingerprint density at radius 3 is 1.26 bits per heavy atom. The fourth-order valence-corrected chi connectivity index (χ4v) is 6.21. The molecule has 0 aromatic rings. The molecule has 0 radical (unpaired) electrons. The SMILES string of the molecule is CCOS(=O)(=O)O.CC[P+](N(C)C)(N(C)C)N(C)C. The molecule has 9 heteroatoms. The molecule has 0 aliphatic carbocycles. The lowest BCUT2D eigenvalue weighted by molar-refractivity contribution is 0.283. The minimum atomic E-state index is -4.17. The van der Waals surface area contributed by atoms with Crippen LogP contribution in [0, 0.1) is 0 Å². The number of rotatable bonds is 6. The summed E-state index contributed by atoms with van der Waals surface area (Å²) in [6, 6.07) is 0. The molecule has 0 bridgehead atoms. The summed E-state index contributed by atoms with van der Waals surface area (Å²) in [6.45, 7) is 3.69. The maximum absolute atomic E-state index is 9.56. The highest BCUT2D eigenvalue weighted by atomic mass is 32.3. The van der Waals surface area contributed by atoms with Crippen molar-refractivity contribution in [3.05, 3.63) is 0 Å². The molecule has 0 unspecified atom stereocenters. The molecule has 0 aliphatic heterocycles. The molecule has 0 aromatic heterocycles. The van der Waals surface area contributed by atoms with Crippen molar-refractivity contribution >= 4 is 18.1 Å². The monoisotopic (exact) mass is 318 g/mol. The fraction of sp³-hybridized carbons (Fsp3) is 1.00. The highest BCUT2D eigenvalue weighted by Crippen LogP contribution is 2.62. The topological polar surface area (TPSA) is 73.3 Å². The first kappa shape index (κ1) is 21.5. The third-order valence-corrected chi connectivity index (χ3v) is 7.84. The van der Waals surface area contributed by atoms with Crippen LogP contribution >= 0.6 is 7.71 Å². The summed E-state index contributed by atoms with van der Waals surface area (Å²) in [6.07, 6.45) is 1.19. The number of hydrogen-bond donors (Lipinski definition) is 1. The van der Waals surface area contributed by atoms with Crippen LogP contribution in [-0.2, 0) is 14.6 Å². The van der Waals surface area contributed by atoms with E-state index in [1.807, 2.05) is 0 Å². The molecule has 0 rings (SSSR count). The Hall–Kier alpha value is 0.180. The Kier molecular flexibility index (Phi) is 10.4. The minimum Gasteiger partial charge on any atom is -0.264 e. The molecule has 0 atom stereocenters. The second-order valence-corrected chi connectivity index (χ2v) is 9.89. The van der Waals surface area contributed by atoms with E-state index in [2.05, 4.69) is 67.4 Å². The van der Waals surface area contributed by atoms with Crippen LogP contribution in [0.2, 0.25) is 0 Å². The van der Waals surface area contributed by atoms with Crippen molar-refractivity contribution in [3.8, 4) is 0 Å². The van der Waals surface area contributed by atoms with E-state index in [9.17, 15) is 8.42 Å². The third-order valence-electron chi connectivity index (χ3n) is 2.61. The first-order valence-corrected chi connectivity index (χ1v) is 9.18. The van der Waals surface area contributed by atoms with Crippen LogP contribution in [0.15, 0.2) is 0 Å². The van der Waals surface area contributed by atoms with Gasteiger partial charge in [0.05, 0.1) is 6.61 Å². The molecule has 0 amide bonds. The van der Waals surface area contributed by atoms with E-state index in [0.29, 0.717) is 0 Å². The molecule has 0 heterocycles. The van der Waals surface area contributed by atoms with Gasteiger partial charge in [-0.1, -0.05) is 0 Å². The van der Waals surface area contributed by atoms with Gasteiger partial charge in [-0.3, -0.25) is 4.55 Å². The van der Waals surface area contributed by atoms with Crippen molar-refractivity contribution in [3.63, 3.8) is 0 Å². The fourth-order valence-electron chi connectivity index (χ4n) is 2.07. The van der Waals surface area contributed by atoms with Gasteiger partial charge < -0.3 is 0 Å². The quantitative estimate of drug-likeness (QED) is 0.584. The van der Waals surface area contributed by atoms with E-state index >= 15 is 0 Å². The predicted octanol–water partition coefficient (Wildman–Crippen LogP) is 1.28. The molecular weight excluding hydrogens is 289 g/mol. The largest absolute Gasteiger partial charge is 0.397 e. The van der Waals surface area contributed by atoms with Crippen LogP contribution in [0.25, 0.3) is 0 Å². The molecule has 0 fully saturated rings. The van der Waals surface area contributed by atoms with Crippen LogP contribution in [0.3, 0.4) is 0 Å². The van der Waals surface area contributed by atoms with Crippen LogP contribution < -0.4 is 0 Å². The second kappa shape index (κ2) is 9.18. The lowest BCUT2D eigenvalue weighted by Crippen LogP contribution is -2.37. The molecule has 0 aromatic carbocycles. The Bertz CT molecular complexity index is 312. The summed E-state index contributed by atoms with van der Waals surface area (Å²) < 4.78 is 37.7. The zero-order valence-electron chi connectivity index (χ0n) is 13.3. The second-order valence-electron chi connectivity index (χ2n) is 4.38. The summed E-state index contributed by atoms with van der Waals surface area (Å²) in [5, 5.41) is 0. The van der Waals surface area contributed by atoms with Crippen LogP contribution in [-0.4, -0.2) is 82.0 Å². The van der Waals surface area contributed by atoms with E-state index in [0.717, 1.165) is 0 Å². The zero-order chi connectivity index (χ0) is 15.9. The van der Waals surface area contributed by atoms with Gasteiger partial charge in [0.2, 0.25) is 7.71 Å². The van der Waals surface area contributed by atoms with Gasteiger partial charge in [-0.05, 0) is 13.8 Å². The molecule has 118 valence electrons. The molecule has 0 spiro atoms. The molecule has 7 nitrogen and oxygen atoms in total. The maximum atomic E-state index is 9.56. The molecule has 0 saturated carbocycles. The summed E-state index contributed by atoms with van der Waals surface area (Å²) in [7, 11) is 7.62. The average molecular weight is 318 g/mol. The summed E-state index contributed by atoms with van der Waals surface area (Å²) in [5.41, 5.74) is 0. The van der Waals surface area contributed by atoms with Gasteiger partial charge in [0.25, 0.3) is 0 Å².